The molecule has 0 atom stereocenters. The quantitative estimate of drug-likeness (QED) is 0.281. The molecule has 0 radical (unpaired) electrons. The van der Waals surface area contributed by atoms with Crippen LogP contribution < -0.4 is 0 Å². The zero-order valence-electron chi connectivity index (χ0n) is 16.5. The van der Waals surface area contributed by atoms with E-state index in [9.17, 15) is 0 Å². The zero-order chi connectivity index (χ0) is 18.0. The fraction of sp³-hybridized carbons (Fsp3) is 0.750. The van der Waals surface area contributed by atoms with E-state index in [0.29, 0.717) is 13.2 Å². The van der Waals surface area contributed by atoms with Crippen molar-refractivity contribution in [2.24, 2.45) is 0 Å². The largest absolute Gasteiger partial charge is 0.447 e. The van der Waals surface area contributed by atoms with Crippen molar-refractivity contribution >= 4 is 25.2 Å². The Hall–Kier alpha value is -0.789. The van der Waals surface area contributed by atoms with Crippen molar-refractivity contribution in [3.8, 4) is 25.1 Å². The second-order valence-corrected chi connectivity index (χ2v) is 19.7. The first-order valence-corrected chi connectivity index (χ1v) is 17.1. The van der Waals surface area contributed by atoms with Crippen LogP contribution in [0.25, 0.3) is 0 Å². The number of ether oxygens (including phenoxy) is 2. The Morgan fingerprint density at radius 1 is 0.680 bits per heavy atom. The lowest BCUT2D eigenvalue weighted by Crippen LogP contribution is -2.52. The molecule has 0 rings (SSSR count). The topological polar surface area (TPSA) is 99.9 Å². The maximum absolute atomic E-state index is 6.49. The highest BCUT2D eigenvalue weighted by Gasteiger charge is 2.39. The normalized spacial score (nSPS) is 11.4. The molecule has 0 aliphatic rings. The van der Waals surface area contributed by atoms with Crippen molar-refractivity contribution in [1.29, 1.82) is 0 Å². The first-order chi connectivity index (χ1) is 10.5. The summed E-state index contributed by atoms with van der Waals surface area (Å²) in [4.78, 5) is 0. The number of hydrogen-bond acceptors (Lipinski definition) is 4. The molecule has 0 fully saturated rings. The lowest BCUT2D eigenvalue weighted by atomic mass is 10.5. The smallest absolute Gasteiger partial charge is 0.311 e. The molecule has 0 bridgehead atoms. The van der Waals surface area contributed by atoms with Crippen LogP contribution in [0.5, 0.6) is 0 Å². The SMILES string of the molecule is C#COCCC[Si](C)(C)O[Si](C)(C)O[Si](C)(C)CCCOC#C.O.O. The highest BCUT2D eigenvalue weighted by molar-refractivity contribution is 6.87. The summed E-state index contributed by atoms with van der Waals surface area (Å²) in [5.41, 5.74) is 0. The first kappa shape index (κ1) is 29.0. The lowest BCUT2D eigenvalue weighted by Gasteiger charge is -2.38. The predicted molar refractivity (Wildman–Crippen MR) is 110 cm³/mol. The minimum absolute atomic E-state index is 0. The third-order valence-corrected chi connectivity index (χ3v) is 14.7. The molecule has 9 heteroatoms. The molecule has 0 unspecified atom stereocenters. The summed E-state index contributed by atoms with van der Waals surface area (Å²) in [6.07, 6.45) is 16.4. The first-order valence-electron chi connectivity index (χ1n) is 8.09. The van der Waals surface area contributed by atoms with Crippen molar-refractivity contribution < 1.29 is 28.7 Å². The van der Waals surface area contributed by atoms with E-state index in [1.807, 2.05) is 0 Å². The summed E-state index contributed by atoms with van der Waals surface area (Å²) < 4.78 is 22.9. The van der Waals surface area contributed by atoms with E-state index in [2.05, 4.69) is 51.5 Å². The van der Waals surface area contributed by atoms with Gasteiger partial charge in [0, 0.05) is 0 Å². The molecule has 0 heterocycles. The second-order valence-electron chi connectivity index (χ2n) is 7.26. The minimum atomic E-state index is -2.15. The molecule has 0 aromatic heterocycles. The Balaban J connectivity index is -0.00000242. The van der Waals surface area contributed by atoms with E-state index < -0.39 is 25.2 Å². The molecule has 0 saturated heterocycles. The van der Waals surface area contributed by atoms with E-state index in [-0.39, 0.29) is 11.0 Å². The zero-order valence-corrected chi connectivity index (χ0v) is 19.5. The summed E-state index contributed by atoms with van der Waals surface area (Å²) in [6.45, 7) is 14.4. The van der Waals surface area contributed by atoms with Gasteiger partial charge in [-0.05, 0) is 64.2 Å². The Bertz CT molecular complexity index is 389. The van der Waals surface area contributed by atoms with Crippen LogP contribution in [0.2, 0.25) is 51.4 Å². The van der Waals surface area contributed by atoms with Crippen molar-refractivity contribution in [1.82, 2.24) is 0 Å². The van der Waals surface area contributed by atoms with Crippen molar-refractivity contribution in [2.75, 3.05) is 13.2 Å². The molecule has 0 aromatic rings. The van der Waals surface area contributed by atoms with Gasteiger partial charge in [0.05, 0.1) is 13.2 Å². The number of rotatable bonds is 12. The van der Waals surface area contributed by atoms with Gasteiger partial charge < -0.3 is 28.7 Å². The summed E-state index contributed by atoms with van der Waals surface area (Å²) in [6, 6.07) is 2.04. The van der Waals surface area contributed by atoms with Gasteiger partial charge >= 0.3 is 8.56 Å². The Morgan fingerprint density at radius 2 is 1.00 bits per heavy atom. The molecule has 0 aliphatic heterocycles. The highest BCUT2D eigenvalue weighted by Crippen LogP contribution is 2.25. The highest BCUT2D eigenvalue weighted by atomic mass is 28.5. The molecule has 6 nitrogen and oxygen atoms in total. The van der Waals surface area contributed by atoms with Crippen LogP contribution in [0.1, 0.15) is 12.8 Å². The van der Waals surface area contributed by atoms with Gasteiger partial charge in [-0.15, -0.1) is 0 Å². The third-order valence-electron chi connectivity index (χ3n) is 3.26. The van der Waals surface area contributed by atoms with Crippen LogP contribution in [0.4, 0.5) is 0 Å². The molecule has 25 heavy (non-hydrogen) atoms. The second kappa shape index (κ2) is 13.4. The van der Waals surface area contributed by atoms with Gasteiger partial charge in [0.15, 0.2) is 16.6 Å². The van der Waals surface area contributed by atoms with Gasteiger partial charge in [0.1, 0.15) is 12.2 Å². The summed E-state index contributed by atoms with van der Waals surface area (Å²) in [5, 5.41) is 0. The molecule has 0 aliphatic carbocycles. The lowest BCUT2D eigenvalue weighted by molar-refractivity contribution is 0.274. The van der Waals surface area contributed by atoms with Gasteiger partial charge in [-0.3, -0.25) is 0 Å². The molecule has 0 amide bonds. The average Bonchev–Trinajstić information content (AvgIpc) is 2.37. The maximum atomic E-state index is 6.49. The third kappa shape index (κ3) is 16.4. The minimum Gasteiger partial charge on any atom is -0.447 e. The summed E-state index contributed by atoms with van der Waals surface area (Å²) in [5.74, 6) is 0. The molecule has 4 N–H and O–H groups in total. The van der Waals surface area contributed by atoms with Crippen molar-refractivity contribution in [3.63, 3.8) is 0 Å². The summed E-state index contributed by atoms with van der Waals surface area (Å²) in [7, 11) is -5.70. The molecule has 0 aromatic carbocycles. The van der Waals surface area contributed by atoms with Crippen LogP contribution in [-0.4, -0.2) is 49.4 Å². The van der Waals surface area contributed by atoms with Gasteiger partial charge in [0.25, 0.3) is 0 Å². The van der Waals surface area contributed by atoms with Gasteiger partial charge in [-0.2, -0.15) is 0 Å². The Morgan fingerprint density at radius 3 is 1.28 bits per heavy atom. The van der Waals surface area contributed by atoms with Crippen LogP contribution >= 0.6 is 0 Å². The van der Waals surface area contributed by atoms with Crippen LogP contribution in [-0.2, 0) is 17.7 Å². The van der Waals surface area contributed by atoms with E-state index in [1.54, 1.807) is 0 Å². The standard InChI is InChI=1S/C16H32O4Si3.2H2O/c1-9-17-13-11-15-21(3,4)19-23(7,8)20-22(5,6)16-12-14-18-10-2;;/h1-2H,11-16H2,3-8H3;2*1H2. The molecule has 0 saturated carbocycles. The van der Waals surface area contributed by atoms with Crippen molar-refractivity contribution in [3.05, 3.63) is 0 Å². The molecular weight excluding hydrogens is 372 g/mol. The predicted octanol–water partition coefficient (Wildman–Crippen LogP) is 2.48. The maximum Gasteiger partial charge on any atom is 0.311 e. The monoisotopic (exact) mass is 408 g/mol. The van der Waals surface area contributed by atoms with Crippen molar-refractivity contribution in [2.45, 2.75) is 64.2 Å². The summed E-state index contributed by atoms with van der Waals surface area (Å²) >= 11 is 0. The van der Waals surface area contributed by atoms with E-state index in [0.717, 1.165) is 24.9 Å². The average molecular weight is 409 g/mol. The van der Waals surface area contributed by atoms with Crippen LogP contribution in [0.3, 0.4) is 0 Å². The van der Waals surface area contributed by atoms with E-state index in [4.69, 9.17) is 30.6 Å². The van der Waals surface area contributed by atoms with Crippen LogP contribution in [0, 0.1) is 25.1 Å². The fourth-order valence-corrected chi connectivity index (χ4v) is 16.7. The van der Waals surface area contributed by atoms with Gasteiger partial charge in [0.2, 0.25) is 0 Å². The molecular formula is C16H36O6Si3. The number of terminal acetylenes is 2. The fourth-order valence-electron chi connectivity index (χ4n) is 2.71. The van der Waals surface area contributed by atoms with Gasteiger partial charge in [-0.25, -0.2) is 0 Å². The van der Waals surface area contributed by atoms with E-state index >= 15 is 0 Å². The molecule has 0 spiro atoms. The number of hydrogen-bond donors (Lipinski definition) is 0. The van der Waals surface area contributed by atoms with E-state index in [1.165, 1.54) is 0 Å². The van der Waals surface area contributed by atoms with Crippen LogP contribution in [0.15, 0.2) is 0 Å². The molecule has 148 valence electrons. The Kier molecular flexibility index (Phi) is 15.6. The van der Waals surface area contributed by atoms with Gasteiger partial charge in [-0.1, -0.05) is 12.8 Å². The Labute approximate surface area is 156 Å².